The molecule has 2 heterocycles. The van der Waals surface area contributed by atoms with Crippen LogP contribution in [-0.2, 0) is 4.74 Å². The Morgan fingerprint density at radius 3 is 2.21 bits per heavy atom. The van der Waals surface area contributed by atoms with E-state index in [0.29, 0.717) is 58.2 Å². The van der Waals surface area contributed by atoms with Crippen molar-refractivity contribution in [2.45, 2.75) is 32.6 Å². The molecule has 3 aromatic carbocycles. The standard InChI is InChI=1S/C35H36ClN3O3/c1-24-31(34(40)39-20-10-18-37-19-21-39)33(28-15-9-16-29(36)23-28)32(25(2)38-24)35(41)42-22-17-30(26-11-5-3-6-12-26)27-13-7-4-8-14-27/h3-9,11-16,23,30,37H,10,17-22H2,1-2H3. The van der Waals surface area contributed by atoms with E-state index in [4.69, 9.17) is 16.3 Å². The average molecular weight is 582 g/mol. The van der Waals surface area contributed by atoms with Gasteiger partial charge in [0.25, 0.3) is 5.91 Å². The van der Waals surface area contributed by atoms with Crippen LogP contribution in [0.25, 0.3) is 11.1 Å². The van der Waals surface area contributed by atoms with Gasteiger partial charge < -0.3 is 15.0 Å². The number of hydrogen-bond donors (Lipinski definition) is 1. The van der Waals surface area contributed by atoms with E-state index in [-0.39, 0.29) is 18.4 Å². The van der Waals surface area contributed by atoms with Gasteiger partial charge in [-0.05, 0) is 62.1 Å². The minimum Gasteiger partial charge on any atom is -0.462 e. The molecule has 216 valence electrons. The molecule has 1 fully saturated rings. The summed E-state index contributed by atoms with van der Waals surface area (Å²) in [7, 11) is 0. The van der Waals surface area contributed by atoms with E-state index in [1.165, 1.54) is 0 Å². The number of halogens is 1. The SMILES string of the molecule is Cc1nc(C)c(C(=O)N2CCCNCC2)c(-c2cccc(Cl)c2)c1C(=O)OCCC(c1ccccc1)c1ccccc1. The first-order valence-corrected chi connectivity index (χ1v) is 14.9. The van der Waals surface area contributed by atoms with Crippen molar-refractivity contribution in [3.8, 4) is 11.1 Å². The van der Waals surface area contributed by atoms with Crippen LogP contribution in [0.2, 0.25) is 5.02 Å². The molecule has 1 aromatic heterocycles. The molecule has 7 heteroatoms. The van der Waals surface area contributed by atoms with E-state index in [2.05, 4.69) is 34.6 Å². The lowest BCUT2D eigenvalue weighted by atomic mass is 9.89. The van der Waals surface area contributed by atoms with Gasteiger partial charge in [0.1, 0.15) is 0 Å². The van der Waals surface area contributed by atoms with Crippen LogP contribution in [0.5, 0.6) is 0 Å². The highest BCUT2D eigenvalue weighted by Crippen LogP contribution is 2.35. The molecule has 6 nitrogen and oxygen atoms in total. The molecule has 0 saturated carbocycles. The van der Waals surface area contributed by atoms with E-state index in [1.54, 1.807) is 19.1 Å². The Bertz CT molecular complexity index is 1490. The van der Waals surface area contributed by atoms with E-state index >= 15 is 0 Å². The molecule has 1 aliphatic heterocycles. The summed E-state index contributed by atoms with van der Waals surface area (Å²) in [6.07, 6.45) is 1.46. The fourth-order valence-electron chi connectivity index (χ4n) is 5.74. The fraction of sp³-hybridized carbons (Fsp3) is 0.286. The van der Waals surface area contributed by atoms with E-state index in [9.17, 15) is 9.59 Å². The van der Waals surface area contributed by atoms with Crippen LogP contribution in [0.1, 0.15) is 62.0 Å². The Balaban J connectivity index is 1.49. The molecule has 1 aliphatic rings. The van der Waals surface area contributed by atoms with Crippen LogP contribution in [0, 0.1) is 13.8 Å². The Morgan fingerprint density at radius 2 is 1.55 bits per heavy atom. The topological polar surface area (TPSA) is 71.5 Å². The maximum absolute atomic E-state index is 14.0. The normalized spacial score (nSPS) is 13.6. The predicted molar refractivity (Wildman–Crippen MR) is 167 cm³/mol. The first-order chi connectivity index (χ1) is 20.4. The van der Waals surface area contributed by atoms with Crippen LogP contribution in [0.3, 0.4) is 0 Å². The third-order valence-electron chi connectivity index (χ3n) is 7.76. The Hall–Kier alpha value is -4.00. The maximum Gasteiger partial charge on any atom is 0.340 e. The molecular weight excluding hydrogens is 546 g/mol. The smallest absolute Gasteiger partial charge is 0.340 e. The first-order valence-electron chi connectivity index (χ1n) is 14.5. The molecule has 1 amide bonds. The summed E-state index contributed by atoms with van der Waals surface area (Å²) in [6, 6.07) is 27.7. The quantitative estimate of drug-likeness (QED) is 0.231. The summed E-state index contributed by atoms with van der Waals surface area (Å²) in [6.45, 7) is 6.62. The van der Waals surface area contributed by atoms with Gasteiger partial charge >= 0.3 is 5.97 Å². The molecule has 0 aliphatic carbocycles. The number of aromatic nitrogens is 1. The Labute approximate surface area is 252 Å². The number of aryl methyl sites for hydroxylation is 2. The van der Waals surface area contributed by atoms with Gasteiger partial charge in [-0.3, -0.25) is 9.78 Å². The maximum atomic E-state index is 14.0. The molecule has 0 spiro atoms. The third kappa shape index (κ3) is 6.72. The number of carbonyl (C=O) groups excluding carboxylic acids is 2. The number of rotatable bonds is 8. The zero-order chi connectivity index (χ0) is 29.5. The lowest BCUT2D eigenvalue weighted by molar-refractivity contribution is 0.0495. The van der Waals surface area contributed by atoms with Gasteiger partial charge in [-0.25, -0.2) is 4.79 Å². The summed E-state index contributed by atoms with van der Waals surface area (Å²) < 4.78 is 5.97. The van der Waals surface area contributed by atoms with Gasteiger partial charge in [0.2, 0.25) is 0 Å². The van der Waals surface area contributed by atoms with E-state index < -0.39 is 5.97 Å². The van der Waals surface area contributed by atoms with Gasteiger partial charge in [-0.2, -0.15) is 0 Å². The summed E-state index contributed by atoms with van der Waals surface area (Å²) in [5.74, 6) is -0.569. The number of hydrogen-bond acceptors (Lipinski definition) is 5. The highest BCUT2D eigenvalue weighted by atomic mass is 35.5. The lowest BCUT2D eigenvalue weighted by Crippen LogP contribution is -2.35. The minimum absolute atomic E-state index is 0.0682. The van der Waals surface area contributed by atoms with Crippen LogP contribution >= 0.6 is 11.6 Å². The fourth-order valence-corrected chi connectivity index (χ4v) is 5.93. The van der Waals surface area contributed by atoms with Gasteiger partial charge in [-0.1, -0.05) is 84.4 Å². The number of ether oxygens (including phenoxy) is 1. The molecule has 0 bridgehead atoms. The van der Waals surface area contributed by atoms with Gasteiger partial charge in [-0.15, -0.1) is 0 Å². The van der Waals surface area contributed by atoms with Crippen LogP contribution < -0.4 is 5.32 Å². The molecule has 1 N–H and O–H groups in total. The molecule has 1 saturated heterocycles. The number of nitrogens with one attached hydrogen (secondary N) is 1. The van der Waals surface area contributed by atoms with Crippen molar-refractivity contribution in [1.29, 1.82) is 0 Å². The summed E-state index contributed by atoms with van der Waals surface area (Å²) in [5.41, 5.74) is 5.35. The largest absolute Gasteiger partial charge is 0.462 e. The summed E-state index contributed by atoms with van der Waals surface area (Å²) in [5, 5.41) is 3.86. The second-order valence-electron chi connectivity index (χ2n) is 10.6. The molecular formula is C35H36ClN3O3. The van der Waals surface area contributed by atoms with Crippen molar-refractivity contribution in [3.63, 3.8) is 0 Å². The first kappa shape index (κ1) is 29.5. The number of esters is 1. The summed E-state index contributed by atoms with van der Waals surface area (Å²) in [4.78, 5) is 34.4. The Kier molecular flexibility index (Phi) is 9.67. The van der Waals surface area contributed by atoms with Crippen LogP contribution in [0.15, 0.2) is 84.9 Å². The average Bonchev–Trinajstić information content (AvgIpc) is 3.29. The van der Waals surface area contributed by atoms with Crippen molar-refractivity contribution >= 4 is 23.5 Å². The zero-order valence-electron chi connectivity index (χ0n) is 24.1. The highest BCUT2D eigenvalue weighted by Gasteiger charge is 2.30. The van der Waals surface area contributed by atoms with Crippen molar-refractivity contribution in [2.24, 2.45) is 0 Å². The van der Waals surface area contributed by atoms with Gasteiger partial charge in [0.05, 0.1) is 29.1 Å². The number of carbonyl (C=O) groups is 2. The van der Waals surface area contributed by atoms with Crippen molar-refractivity contribution < 1.29 is 14.3 Å². The highest BCUT2D eigenvalue weighted by molar-refractivity contribution is 6.31. The number of amides is 1. The molecule has 42 heavy (non-hydrogen) atoms. The monoisotopic (exact) mass is 581 g/mol. The second kappa shape index (κ2) is 13.8. The molecule has 4 aromatic rings. The van der Waals surface area contributed by atoms with Crippen LogP contribution in [0.4, 0.5) is 0 Å². The number of nitrogens with zero attached hydrogens (tertiary/aromatic N) is 2. The molecule has 5 rings (SSSR count). The predicted octanol–water partition coefficient (Wildman–Crippen LogP) is 6.83. The number of benzene rings is 3. The molecule has 0 radical (unpaired) electrons. The molecule has 0 atom stereocenters. The van der Waals surface area contributed by atoms with Crippen molar-refractivity contribution in [1.82, 2.24) is 15.2 Å². The molecule has 0 unspecified atom stereocenters. The minimum atomic E-state index is -0.499. The zero-order valence-corrected chi connectivity index (χ0v) is 24.9. The third-order valence-corrected chi connectivity index (χ3v) is 8.00. The second-order valence-corrected chi connectivity index (χ2v) is 11.0. The lowest BCUT2D eigenvalue weighted by Gasteiger charge is -2.25. The van der Waals surface area contributed by atoms with Gasteiger partial charge in [0.15, 0.2) is 0 Å². The van der Waals surface area contributed by atoms with Crippen LogP contribution in [-0.4, -0.2) is 54.5 Å². The van der Waals surface area contributed by atoms with E-state index in [0.717, 1.165) is 30.6 Å². The Morgan fingerprint density at radius 1 is 0.881 bits per heavy atom. The van der Waals surface area contributed by atoms with Gasteiger partial charge in [0, 0.05) is 36.1 Å². The van der Waals surface area contributed by atoms with Crippen molar-refractivity contribution in [3.05, 3.63) is 124 Å². The van der Waals surface area contributed by atoms with E-state index in [1.807, 2.05) is 60.4 Å². The number of pyridine rings is 1. The summed E-state index contributed by atoms with van der Waals surface area (Å²) >= 11 is 6.41. The van der Waals surface area contributed by atoms with Crippen molar-refractivity contribution in [2.75, 3.05) is 32.8 Å².